The third-order valence-electron chi connectivity index (χ3n) is 5.18. The molecule has 0 saturated carbocycles. The van der Waals surface area contributed by atoms with E-state index in [0.29, 0.717) is 24.5 Å². The summed E-state index contributed by atoms with van der Waals surface area (Å²) in [6.45, 7) is 6.69. The number of aryl methyl sites for hydroxylation is 2. The van der Waals surface area contributed by atoms with E-state index in [4.69, 9.17) is 9.47 Å². The second kappa shape index (κ2) is 11.4. The SMILES string of the molecule is COCCN(C)CCOc1ccc(NC(=O)c2ccccc2)cc1-c1c(C)ncnc1C. The topological polar surface area (TPSA) is 76.6 Å². The number of hydrogen-bond acceptors (Lipinski definition) is 6. The fourth-order valence-corrected chi connectivity index (χ4v) is 3.37. The molecule has 0 atom stereocenters. The van der Waals surface area contributed by atoms with Gasteiger partial charge in [-0.2, -0.15) is 0 Å². The predicted octanol–water partition coefficient (Wildman–Crippen LogP) is 3.97. The number of anilines is 1. The second-order valence-corrected chi connectivity index (χ2v) is 7.60. The number of rotatable bonds is 10. The van der Waals surface area contributed by atoms with Crippen molar-refractivity contribution in [1.29, 1.82) is 0 Å². The number of hydrogen-bond donors (Lipinski definition) is 1. The standard InChI is InChI=1S/C25H30N4O3/c1-18-24(19(2)27-17-26-18)22-16-21(28-25(30)20-8-6-5-7-9-20)10-11-23(22)32-15-13-29(3)12-14-31-4/h5-11,16-17H,12-15H2,1-4H3,(H,28,30). The molecule has 7 nitrogen and oxygen atoms in total. The van der Waals surface area contributed by atoms with Crippen LogP contribution >= 0.6 is 0 Å². The smallest absolute Gasteiger partial charge is 0.255 e. The van der Waals surface area contributed by atoms with Crippen molar-refractivity contribution in [3.05, 3.63) is 71.8 Å². The molecule has 1 amide bonds. The summed E-state index contributed by atoms with van der Waals surface area (Å²) in [5.74, 6) is 0.562. The molecule has 0 aliphatic heterocycles. The lowest BCUT2D eigenvalue weighted by atomic mass is 10.0. The molecule has 3 rings (SSSR count). The normalized spacial score (nSPS) is 10.9. The maximum absolute atomic E-state index is 12.6. The van der Waals surface area contributed by atoms with Crippen LogP contribution in [-0.2, 0) is 4.74 Å². The molecule has 168 valence electrons. The van der Waals surface area contributed by atoms with Crippen LogP contribution in [0.3, 0.4) is 0 Å². The number of carbonyl (C=O) groups excluding carboxylic acids is 1. The molecule has 32 heavy (non-hydrogen) atoms. The Kier molecular flexibility index (Phi) is 8.30. The van der Waals surface area contributed by atoms with Crippen molar-refractivity contribution in [2.24, 2.45) is 0 Å². The molecular weight excluding hydrogens is 404 g/mol. The van der Waals surface area contributed by atoms with Gasteiger partial charge in [-0.3, -0.25) is 4.79 Å². The molecule has 1 aromatic heterocycles. The Morgan fingerprint density at radius 2 is 1.69 bits per heavy atom. The van der Waals surface area contributed by atoms with Gasteiger partial charge in [-0.1, -0.05) is 18.2 Å². The van der Waals surface area contributed by atoms with Crippen LogP contribution in [0.25, 0.3) is 11.1 Å². The van der Waals surface area contributed by atoms with Gasteiger partial charge in [0.25, 0.3) is 5.91 Å². The van der Waals surface area contributed by atoms with Crippen LogP contribution < -0.4 is 10.1 Å². The van der Waals surface area contributed by atoms with Gasteiger partial charge in [0.2, 0.25) is 0 Å². The van der Waals surface area contributed by atoms with Crippen molar-refractivity contribution < 1.29 is 14.3 Å². The van der Waals surface area contributed by atoms with E-state index in [0.717, 1.165) is 41.4 Å². The number of methoxy groups -OCH3 is 1. The van der Waals surface area contributed by atoms with E-state index in [-0.39, 0.29) is 5.91 Å². The quantitative estimate of drug-likeness (QED) is 0.520. The Morgan fingerprint density at radius 1 is 1.00 bits per heavy atom. The van der Waals surface area contributed by atoms with Gasteiger partial charge in [-0.15, -0.1) is 0 Å². The first-order valence-electron chi connectivity index (χ1n) is 10.6. The van der Waals surface area contributed by atoms with Crippen molar-refractivity contribution in [2.45, 2.75) is 13.8 Å². The number of amides is 1. The first kappa shape index (κ1) is 23.4. The molecule has 0 bridgehead atoms. The molecule has 2 aromatic carbocycles. The third-order valence-corrected chi connectivity index (χ3v) is 5.18. The highest BCUT2D eigenvalue weighted by Gasteiger charge is 2.16. The lowest BCUT2D eigenvalue weighted by Gasteiger charge is -2.19. The van der Waals surface area contributed by atoms with E-state index >= 15 is 0 Å². The first-order valence-corrected chi connectivity index (χ1v) is 10.6. The average Bonchev–Trinajstić information content (AvgIpc) is 2.79. The van der Waals surface area contributed by atoms with Crippen LogP contribution in [0.15, 0.2) is 54.9 Å². The minimum atomic E-state index is -0.164. The molecule has 0 aliphatic carbocycles. The zero-order chi connectivity index (χ0) is 22.9. The van der Waals surface area contributed by atoms with Crippen molar-refractivity contribution >= 4 is 11.6 Å². The van der Waals surface area contributed by atoms with Gasteiger partial charge >= 0.3 is 0 Å². The van der Waals surface area contributed by atoms with Crippen molar-refractivity contribution in [1.82, 2.24) is 14.9 Å². The predicted molar refractivity (Wildman–Crippen MR) is 126 cm³/mol. The van der Waals surface area contributed by atoms with Crippen LogP contribution in [0.4, 0.5) is 5.69 Å². The van der Waals surface area contributed by atoms with E-state index in [2.05, 4.69) is 20.2 Å². The number of carbonyl (C=O) groups is 1. The summed E-state index contributed by atoms with van der Waals surface area (Å²) < 4.78 is 11.3. The minimum absolute atomic E-state index is 0.164. The molecular formula is C25H30N4O3. The monoisotopic (exact) mass is 434 g/mol. The van der Waals surface area contributed by atoms with E-state index in [9.17, 15) is 4.79 Å². The van der Waals surface area contributed by atoms with Gasteiger partial charge in [0.15, 0.2) is 0 Å². The third kappa shape index (κ3) is 6.12. The van der Waals surface area contributed by atoms with Gasteiger partial charge in [-0.25, -0.2) is 9.97 Å². The number of ether oxygens (including phenoxy) is 2. The largest absolute Gasteiger partial charge is 0.492 e. The minimum Gasteiger partial charge on any atom is -0.492 e. The number of nitrogens with zero attached hydrogens (tertiary/aromatic N) is 3. The molecule has 0 aliphatic rings. The van der Waals surface area contributed by atoms with E-state index in [1.807, 2.05) is 57.3 Å². The summed E-state index contributed by atoms with van der Waals surface area (Å²) in [7, 11) is 3.73. The van der Waals surface area contributed by atoms with Crippen molar-refractivity contribution in [3.63, 3.8) is 0 Å². The highest BCUT2D eigenvalue weighted by molar-refractivity contribution is 6.04. The van der Waals surface area contributed by atoms with Gasteiger partial charge in [0.05, 0.1) is 6.61 Å². The summed E-state index contributed by atoms with van der Waals surface area (Å²) in [6, 6.07) is 14.8. The lowest BCUT2D eigenvalue weighted by molar-refractivity contribution is 0.102. The molecule has 0 saturated heterocycles. The maximum atomic E-state index is 12.6. The van der Waals surface area contributed by atoms with E-state index in [1.165, 1.54) is 0 Å². The fraction of sp³-hybridized carbons (Fsp3) is 0.320. The molecule has 0 spiro atoms. The summed E-state index contributed by atoms with van der Waals surface area (Å²) in [6.07, 6.45) is 1.56. The van der Waals surface area contributed by atoms with Crippen LogP contribution in [0.5, 0.6) is 5.75 Å². The van der Waals surface area contributed by atoms with Gasteiger partial charge in [-0.05, 0) is 51.2 Å². The molecule has 0 fully saturated rings. The summed E-state index contributed by atoms with van der Waals surface area (Å²) >= 11 is 0. The summed E-state index contributed by atoms with van der Waals surface area (Å²) in [5.41, 5.74) is 4.75. The van der Waals surface area contributed by atoms with Crippen LogP contribution in [-0.4, -0.2) is 61.2 Å². The molecule has 0 radical (unpaired) electrons. The molecule has 7 heteroatoms. The summed E-state index contributed by atoms with van der Waals surface area (Å²) in [4.78, 5) is 23.5. The fourth-order valence-electron chi connectivity index (χ4n) is 3.37. The molecule has 3 aromatic rings. The van der Waals surface area contributed by atoms with Crippen molar-refractivity contribution in [3.8, 4) is 16.9 Å². The molecule has 0 unspecified atom stereocenters. The van der Waals surface area contributed by atoms with Crippen LogP contribution in [0, 0.1) is 13.8 Å². The highest BCUT2D eigenvalue weighted by atomic mass is 16.5. The first-order chi connectivity index (χ1) is 15.5. The Morgan fingerprint density at radius 3 is 2.38 bits per heavy atom. The van der Waals surface area contributed by atoms with Gasteiger partial charge < -0.3 is 19.7 Å². The summed E-state index contributed by atoms with van der Waals surface area (Å²) in [5, 5.41) is 2.97. The van der Waals surface area contributed by atoms with Crippen molar-refractivity contribution in [2.75, 3.05) is 45.8 Å². The Labute approximate surface area is 189 Å². The average molecular weight is 435 g/mol. The lowest BCUT2D eigenvalue weighted by Crippen LogP contribution is -2.27. The van der Waals surface area contributed by atoms with Crippen LogP contribution in [0.1, 0.15) is 21.7 Å². The Bertz CT molecular complexity index is 1020. The molecule has 1 N–H and O–H groups in total. The van der Waals surface area contributed by atoms with E-state index in [1.54, 1.807) is 25.6 Å². The van der Waals surface area contributed by atoms with Gasteiger partial charge in [0.1, 0.15) is 18.7 Å². The highest BCUT2D eigenvalue weighted by Crippen LogP contribution is 2.35. The van der Waals surface area contributed by atoms with E-state index < -0.39 is 0 Å². The zero-order valence-electron chi connectivity index (χ0n) is 19.1. The number of likely N-dealkylation sites (N-methyl/N-ethyl adjacent to an activating group) is 1. The number of benzene rings is 2. The Hall–Kier alpha value is -3.29. The van der Waals surface area contributed by atoms with Crippen LogP contribution in [0.2, 0.25) is 0 Å². The number of aromatic nitrogens is 2. The van der Waals surface area contributed by atoms with Gasteiger partial charge in [0, 0.05) is 54.0 Å². The zero-order valence-corrected chi connectivity index (χ0v) is 19.1. The number of nitrogens with one attached hydrogen (secondary N) is 1. The second-order valence-electron chi connectivity index (χ2n) is 7.60. The molecule has 1 heterocycles. The maximum Gasteiger partial charge on any atom is 0.255 e. The Balaban J connectivity index is 1.85.